The van der Waals surface area contributed by atoms with Crippen LogP contribution in [-0.2, 0) is 16.2 Å². The van der Waals surface area contributed by atoms with Gasteiger partial charge >= 0.3 is 0 Å². The fourth-order valence-corrected chi connectivity index (χ4v) is 8.76. The molecule has 0 radical (unpaired) electrons. The molecule has 4 nitrogen and oxygen atoms in total. The smallest absolute Gasteiger partial charge is 0.149 e. The summed E-state index contributed by atoms with van der Waals surface area (Å²) >= 11 is 0. The van der Waals surface area contributed by atoms with E-state index in [0.29, 0.717) is 11.4 Å². The lowest BCUT2D eigenvalue weighted by molar-refractivity contribution is 0.446. The number of phenols is 1. The molecule has 9 rings (SSSR count). The van der Waals surface area contributed by atoms with E-state index in [1.165, 1.54) is 5.56 Å². The average Bonchev–Trinajstić information content (AvgIpc) is 3.68. The molecule has 0 aliphatic carbocycles. The van der Waals surface area contributed by atoms with E-state index in [0.717, 1.165) is 83.6 Å². The van der Waals surface area contributed by atoms with Crippen molar-refractivity contribution in [1.29, 1.82) is 0 Å². The summed E-state index contributed by atoms with van der Waals surface area (Å²) in [5, 5.41) is 12.6. The maximum Gasteiger partial charge on any atom is 0.149 e. The number of aromatic hydroxyl groups is 1. The van der Waals surface area contributed by atoms with Crippen LogP contribution in [0.5, 0.6) is 5.75 Å². The Hall–Kier alpha value is -7.04. The Bertz CT molecular complexity index is 3070. The summed E-state index contributed by atoms with van der Waals surface area (Å²) in [5.41, 5.74) is 16.6. The van der Waals surface area contributed by atoms with Crippen LogP contribution in [0.25, 0.3) is 83.9 Å². The van der Waals surface area contributed by atoms with Crippen molar-refractivity contribution >= 4 is 11.0 Å². The first-order chi connectivity index (χ1) is 30.6. The normalized spacial score (nSPS) is 12.2. The van der Waals surface area contributed by atoms with Gasteiger partial charge in [-0.1, -0.05) is 202 Å². The first-order valence-electron chi connectivity index (χ1n) is 22.4. The fraction of sp³-hybridized carbons (Fsp3) is 0.200. The number of benzene rings is 7. The fourth-order valence-electron chi connectivity index (χ4n) is 8.76. The molecule has 0 fully saturated rings. The molecule has 4 heteroatoms. The summed E-state index contributed by atoms with van der Waals surface area (Å²) in [5.74, 6) is 0.932. The summed E-state index contributed by atoms with van der Waals surface area (Å²) in [6.07, 6.45) is 1.97. The quantitative estimate of drug-likeness (QED) is 0.174. The number of phenolic OH excluding ortho intramolecular Hbond substituents is 1. The van der Waals surface area contributed by atoms with Gasteiger partial charge in [0.15, 0.2) is 0 Å². The molecular formula is C60H57N3O. The zero-order valence-corrected chi connectivity index (χ0v) is 38.5. The predicted octanol–water partition coefficient (Wildman–Crippen LogP) is 16.0. The highest BCUT2D eigenvalue weighted by molar-refractivity contribution is 5.99. The van der Waals surface area contributed by atoms with Crippen molar-refractivity contribution in [1.82, 2.24) is 14.5 Å². The second-order valence-corrected chi connectivity index (χ2v) is 20.1. The highest BCUT2D eigenvalue weighted by Gasteiger charge is 2.30. The number of hydrogen-bond donors (Lipinski definition) is 1. The monoisotopic (exact) mass is 835 g/mol. The van der Waals surface area contributed by atoms with Gasteiger partial charge < -0.3 is 5.11 Å². The molecule has 0 aliphatic heterocycles. The summed E-state index contributed by atoms with van der Waals surface area (Å²) in [4.78, 5) is 10.8. The van der Waals surface area contributed by atoms with E-state index >= 15 is 0 Å². The Morgan fingerprint density at radius 1 is 0.422 bits per heavy atom. The predicted molar refractivity (Wildman–Crippen MR) is 269 cm³/mol. The first-order valence-corrected chi connectivity index (χ1v) is 22.4. The molecule has 7 aromatic carbocycles. The van der Waals surface area contributed by atoms with Gasteiger partial charge in [0, 0.05) is 39.6 Å². The van der Waals surface area contributed by atoms with Crippen LogP contribution >= 0.6 is 0 Å². The first kappa shape index (κ1) is 42.3. The summed E-state index contributed by atoms with van der Waals surface area (Å²) in [7, 11) is 0. The van der Waals surface area contributed by atoms with Gasteiger partial charge in [0.1, 0.15) is 11.6 Å². The number of aromatic nitrogens is 3. The Morgan fingerprint density at radius 2 is 0.953 bits per heavy atom. The second-order valence-electron chi connectivity index (χ2n) is 20.1. The zero-order chi connectivity index (χ0) is 45.0. The lowest BCUT2D eigenvalue weighted by Gasteiger charge is -2.28. The molecule has 0 atom stereocenters. The third-order valence-electron chi connectivity index (χ3n) is 12.4. The summed E-state index contributed by atoms with van der Waals surface area (Å²) < 4.78 is 2.32. The van der Waals surface area contributed by atoms with Crippen molar-refractivity contribution in [3.8, 4) is 78.6 Å². The number of fused-ring (bicyclic) bond motifs is 1. The third-order valence-corrected chi connectivity index (χ3v) is 12.4. The largest absolute Gasteiger partial charge is 0.507 e. The summed E-state index contributed by atoms with van der Waals surface area (Å²) in [6.45, 7) is 20.0. The number of hydrogen-bond acceptors (Lipinski definition) is 3. The van der Waals surface area contributed by atoms with Crippen LogP contribution in [0.2, 0.25) is 0 Å². The molecule has 1 N–H and O–H groups in total. The molecule has 64 heavy (non-hydrogen) atoms. The zero-order valence-electron chi connectivity index (χ0n) is 38.5. The standard InChI is InChI=1S/C60H57N3O/c1-58(2,3)45-34-43(33-44(35-45)52-32-31-42(38-61-52)39-21-13-10-14-22-39)47-27-20-30-53-54(47)62-57(50-36-46(59(4,5)6)37-51(56(50)64)60(7,8)9)63(53)55-48(40-23-15-11-16-24-40)28-19-29-49(55)41-25-17-12-18-26-41/h10-38,64H,1-9H3. The van der Waals surface area contributed by atoms with Gasteiger partial charge in [0.25, 0.3) is 0 Å². The lowest BCUT2D eigenvalue weighted by atomic mass is 9.79. The number of para-hydroxylation sites is 2. The van der Waals surface area contributed by atoms with Gasteiger partial charge in [-0.05, 0) is 80.0 Å². The van der Waals surface area contributed by atoms with Crippen LogP contribution in [0.1, 0.15) is 79.0 Å². The van der Waals surface area contributed by atoms with E-state index in [2.05, 4.69) is 231 Å². The summed E-state index contributed by atoms with van der Waals surface area (Å²) in [6, 6.07) is 60.2. The lowest BCUT2D eigenvalue weighted by Crippen LogP contribution is -2.17. The Kier molecular flexibility index (Phi) is 10.7. The van der Waals surface area contributed by atoms with Crippen molar-refractivity contribution in [2.24, 2.45) is 0 Å². The van der Waals surface area contributed by atoms with Gasteiger partial charge in [-0.3, -0.25) is 9.55 Å². The molecule has 0 aliphatic rings. The molecule has 0 unspecified atom stereocenters. The number of nitrogens with zero attached hydrogens (tertiary/aromatic N) is 3. The van der Waals surface area contributed by atoms with Crippen molar-refractivity contribution in [3.63, 3.8) is 0 Å². The molecule has 318 valence electrons. The minimum atomic E-state index is -0.337. The second kappa shape index (κ2) is 16.3. The van der Waals surface area contributed by atoms with Crippen LogP contribution in [0.4, 0.5) is 0 Å². The van der Waals surface area contributed by atoms with Gasteiger partial charge in [0.2, 0.25) is 0 Å². The van der Waals surface area contributed by atoms with E-state index in [4.69, 9.17) is 9.97 Å². The molecule has 2 heterocycles. The highest BCUT2D eigenvalue weighted by atomic mass is 16.3. The van der Waals surface area contributed by atoms with Crippen molar-refractivity contribution in [2.45, 2.75) is 78.6 Å². The van der Waals surface area contributed by atoms with E-state index in [1.807, 2.05) is 12.3 Å². The van der Waals surface area contributed by atoms with Gasteiger partial charge in [-0.15, -0.1) is 0 Å². The Labute approximate surface area is 379 Å². The topological polar surface area (TPSA) is 50.9 Å². The molecule has 0 saturated heterocycles. The SMILES string of the molecule is CC(C)(C)c1cc(-c2ccc(-c3ccccc3)cn2)cc(-c2cccc3c2nc(-c2cc(C(C)(C)C)cc(C(C)(C)C)c2O)n3-c2c(-c3ccccc3)cccc2-c2ccccc2)c1. The van der Waals surface area contributed by atoms with Gasteiger partial charge in [-0.2, -0.15) is 0 Å². The molecular weight excluding hydrogens is 779 g/mol. The minimum absolute atomic E-state index is 0.144. The molecule has 0 saturated carbocycles. The number of rotatable bonds is 7. The van der Waals surface area contributed by atoms with Gasteiger partial charge in [0.05, 0.1) is 28.0 Å². The Morgan fingerprint density at radius 3 is 1.50 bits per heavy atom. The van der Waals surface area contributed by atoms with Crippen LogP contribution < -0.4 is 0 Å². The van der Waals surface area contributed by atoms with E-state index < -0.39 is 0 Å². The van der Waals surface area contributed by atoms with Crippen molar-refractivity contribution < 1.29 is 5.11 Å². The van der Waals surface area contributed by atoms with Gasteiger partial charge in [-0.25, -0.2) is 4.98 Å². The van der Waals surface area contributed by atoms with Crippen LogP contribution in [0.15, 0.2) is 176 Å². The van der Waals surface area contributed by atoms with E-state index in [-0.39, 0.29) is 22.0 Å². The van der Waals surface area contributed by atoms with Crippen LogP contribution in [0.3, 0.4) is 0 Å². The van der Waals surface area contributed by atoms with E-state index in [1.54, 1.807) is 0 Å². The molecule has 2 aromatic heterocycles. The van der Waals surface area contributed by atoms with E-state index in [9.17, 15) is 5.11 Å². The Balaban J connectivity index is 1.38. The highest BCUT2D eigenvalue weighted by Crippen LogP contribution is 2.47. The maximum absolute atomic E-state index is 12.6. The number of imidazole rings is 1. The molecule has 0 amide bonds. The molecule has 9 aromatic rings. The van der Waals surface area contributed by atoms with Crippen molar-refractivity contribution in [3.05, 3.63) is 193 Å². The molecule has 0 spiro atoms. The minimum Gasteiger partial charge on any atom is -0.507 e. The third kappa shape index (κ3) is 8.05. The maximum atomic E-state index is 12.6. The van der Waals surface area contributed by atoms with Crippen LogP contribution in [-0.4, -0.2) is 19.6 Å². The van der Waals surface area contributed by atoms with Crippen molar-refractivity contribution in [2.75, 3.05) is 0 Å². The number of pyridine rings is 1. The molecule has 0 bridgehead atoms. The average molecular weight is 836 g/mol. The van der Waals surface area contributed by atoms with Crippen LogP contribution in [0, 0.1) is 0 Å².